The smallest absolute Gasteiger partial charge is 0.306 e. The molecule has 0 saturated heterocycles. The van der Waals surface area contributed by atoms with Gasteiger partial charge in [0.25, 0.3) is 7.82 Å². The molecule has 9 nitrogen and oxygen atoms in total. The lowest BCUT2D eigenvalue weighted by Crippen LogP contribution is -2.37. The Balaban J connectivity index is 3.97. The van der Waals surface area contributed by atoms with E-state index in [0.29, 0.717) is 17.4 Å². The fourth-order valence-corrected chi connectivity index (χ4v) is 11.9. The summed E-state index contributed by atoms with van der Waals surface area (Å²) in [6.45, 7) is 4.28. The molecule has 0 saturated carbocycles. The summed E-state index contributed by atoms with van der Waals surface area (Å²) in [5.41, 5.74) is 0. The first kappa shape index (κ1) is 85.7. The second-order valence-corrected chi connectivity index (χ2v) is 28.4. The molecule has 10 heteroatoms. The molecule has 88 heavy (non-hydrogen) atoms. The van der Waals surface area contributed by atoms with Gasteiger partial charge in [-0.15, -0.1) is 0 Å². The molecule has 0 amide bonds. The van der Waals surface area contributed by atoms with Crippen LogP contribution < -0.4 is 4.89 Å². The van der Waals surface area contributed by atoms with Gasteiger partial charge in [0.1, 0.15) is 19.8 Å². The maximum atomic E-state index is 12.9. The molecule has 0 aliphatic rings. The molecule has 0 rings (SSSR count). The molecule has 0 fully saturated rings. The first-order valence-electron chi connectivity index (χ1n) is 38.0. The molecule has 2 unspecified atom stereocenters. The van der Waals surface area contributed by atoms with Gasteiger partial charge in [-0.3, -0.25) is 14.2 Å². The summed E-state index contributed by atoms with van der Waals surface area (Å²) in [6, 6.07) is 0. The van der Waals surface area contributed by atoms with Crippen molar-refractivity contribution in [3.63, 3.8) is 0 Å². The van der Waals surface area contributed by atoms with E-state index in [1.165, 1.54) is 289 Å². The van der Waals surface area contributed by atoms with Crippen LogP contribution in [0.25, 0.3) is 0 Å². The maximum Gasteiger partial charge on any atom is 0.306 e. The Morgan fingerprint density at radius 3 is 0.909 bits per heavy atom. The van der Waals surface area contributed by atoms with Gasteiger partial charge in [-0.05, 0) is 83.5 Å². The van der Waals surface area contributed by atoms with Crippen LogP contribution in [0.1, 0.15) is 373 Å². The average Bonchev–Trinajstić information content (AvgIpc) is 3.56. The van der Waals surface area contributed by atoms with Crippen molar-refractivity contribution in [2.24, 2.45) is 0 Å². The van der Waals surface area contributed by atoms with E-state index in [-0.39, 0.29) is 32.0 Å². The summed E-state index contributed by atoms with van der Waals surface area (Å²) in [5.74, 6) is -0.814. The van der Waals surface area contributed by atoms with Crippen molar-refractivity contribution in [3.8, 4) is 0 Å². The van der Waals surface area contributed by atoms with E-state index in [4.69, 9.17) is 18.5 Å². The molecule has 0 N–H and O–H groups in total. The van der Waals surface area contributed by atoms with Crippen molar-refractivity contribution in [2.45, 2.75) is 380 Å². The normalized spacial score (nSPS) is 13.4. The first-order chi connectivity index (χ1) is 43.0. The number of phosphoric acid groups is 1. The van der Waals surface area contributed by atoms with Crippen LogP contribution in [0.5, 0.6) is 0 Å². The highest BCUT2D eigenvalue weighted by molar-refractivity contribution is 7.45. The maximum absolute atomic E-state index is 12.9. The average molecular weight is 1260 g/mol. The number of carbonyl (C=O) groups excluding carboxylic acids is 2. The molecule has 0 aromatic carbocycles. The van der Waals surface area contributed by atoms with E-state index in [9.17, 15) is 19.0 Å². The Labute approximate surface area is 546 Å². The number of carbonyl (C=O) groups is 2. The van der Waals surface area contributed by atoms with Gasteiger partial charge in [0.2, 0.25) is 0 Å². The Bertz CT molecular complexity index is 1670. The highest BCUT2D eigenvalue weighted by Crippen LogP contribution is 2.38. The second-order valence-electron chi connectivity index (χ2n) is 27.0. The molecule has 0 aromatic heterocycles. The van der Waals surface area contributed by atoms with Gasteiger partial charge < -0.3 is 27.9 Å². The van der Waals surface area contributed by atoms with E-state index in [1.807, 2.05) is 21.1 Å². The summed E-state index contributed by atoms with van der Waals surface area (Å²) < 4.78 is 34.4. The van der Waals surface area contributed by atoms with Crippen LogP contribution in [0.2, 0.25) is 0 Å². The third-order valence-electron chi connectivity index (χ3n) is 17.0. The van der Waals surface area contributed by atoms with Crippen molar-refractivity contribution < 1.29 is 42.1 Å². The molecule has 0 spiro atoms. The standard InChI is InChI=1S/C78H146NO8P/c1-6-8-10-12-14-16-18-20-22-24-26-28-30-32-34-36-38-39-41-43-45-47-49-51-53-55-57-59-61-63-65-67-69-71-78(81)87-76(75-86-88(82,83)85-73-72-79(3,4)5)74-84-77(80)70-68-66-64-62-60-58-56-54-52-50-48-46-44-42-40-37-35-33-31-29-27-25-23-21-19-17-15-13-11-9-7-2/h18-21,24-27,30,32,76H,6-17,22-23,28-29,31,33-75H2,1-5H3/b20-18-,21-19-,26-24-,27-25-,32-30-. The Hall–Kier alpha value is -2.29. The highest BCUT2D eigenvalue weighted by Gasteiger charge is 2.22. The zero-order valence-electron chi connectivity index (χ0n) is 58.9. The van der Waals surface area contributed by atoms with E-state index >= 15 is 0 Å². The summed E-state index contributed by atoms with van der Waals surface area (Å²) in [7, 11) is 1.18. The minimum Gasteiger partial charge on any atom is -0.756 e. The lowest BCUT2D eigenvalue weighted by molar-refractivity contribution is -0.870. The number of likely N-dealkylation sites (N-methyl/N-ethyl adjacent to an activating group) is 1. The molecule has 0 bridgehead atoms. The molecule has 516 valence electrons. The number of ether oxygens (including phenoxy) is 2. The summed E-state index contributed by atoms with van der Waals surface area (Å²) in [4.78, 5) is 38.1. The Morgan fingerprint density at radius 2 is 0.614 bits per heavy atom. The summed E-state index contributed by atoms with van der Waals surface area (Å²) in [5, 5.41) is 0. The summed E-state index contributed by atoms with van der Waals surface area (Å²) in [6.07, 6.45) is 91.8. The minimum atomic E-state index is -4.64. The number of quaternary nitrogens is 1. The molecular weight excluding hydrogens is 1110 g/mol. The lowest BCUT2D eigenvalue weighted by atomic mass is 10.0. The zero-order chi connectivity index (χ0) is 64.1. The SMILES string of the molecule is CCCCCCC/C=C\C/C=C\C/C=C\CCCCCCCCCCCCCCCCCCCCC(=O)OC(COC(=O)CCCCCCCCCCCCCCCCCCCCC/C=C\C/C=C\CCCCCCC)COP(=O)([O-])OCC[N+](C)(C)C. The predicted octanol–water partition coefficient (Wildman–Crippen LogP) is 24.3. The molecule has 2 atom stereocenters. The van der Waals surface area contributed by atoms with Crippen molar-refractivity contribution in [2.75, 3.05) is 47.5 Å². The van der Waals surface area contributed by atoms with Crippen LogP contribution in [0.15, 0.2) is 60.8 Å². The predicted molar refractivity (Wildman–Crippen MR) is 379 cm³/mol. The first-order valence-corrected chi connectivity index (χ1v) is 39.5. The van der Waals surface area contributed by atoms with Crippen molar-refractivity contribution in [1.82, 2.24) is 0 Å². The quantitative estimate of drug-likeness (QED) is 0.0195. The van der Waals surface area contributed by atoms with Crippen LogP contribution in [0, 0.1) is 0 Å². The van der Waals surface area contributed by atoms with Gasteiger partial charge in [-0.1, -0.05) is 338 Å². The second kappa shape index (κ2) is 69.1. The highest BCUT2D eigenvalue weighted by atomic mass is 31.2. The molecule has 0 aliphatic heterocycles. The molecule has 0 radical (unpaired) electrons. The van der Waals surface area contributed by atoms with Crippen molar-refractivity contribution in [1.29, 1.82) is 0 Å². The van der Waals surface area contributed by atoms with Gasteiger partial charge in [-0.2, -0.15) is 0 Å². The van der Waals surface area contributed by atoms with E-state index < -0.39 is 26.5 Å². The fraction of sp³-hybridized carbons (Fsp3) is 0.846. The van der Waals surface area contributed by atoms with Crippen LogP contribution in [-0.4, -0.2) is 70.0 Å². The molecule has 0 heterocycles. The van der Waals surface area contributed by atoms with Crippen molar-refractivity contribution >= 4 is 19.8 Å². The zero-order valence-corrected chi connectivity index (χ0v) is 59.8. The molecule has 0 aromatic rings. The molecule has 0 aliphatic carbocycles. The fourth-order valence-electron chi connectivity index (χ4n) is 11.2. The number of unbranched alkanes of at least 4 members (excludes halogenated alkanes) is 47. The van der Waals surface area contributed by atoms with Gasteiger partial charge in [0.05, 0.1) is 27.7 Å². The van der Waals surface area contributed by atoms with Crippen molar-refractivity contribution in [3.05, 3.63) is 60.8 Å². The minimum absolute atomic E-state index is 0.0294. The third kappa shape index (κ3) is 72.8. The summed E-state index contributed by atoms with van der Waals surface area (Å²) >= 11 is 0. The monoisotopic (exact) mass is 1260 g/mol. The van der Waals surface area contributed by atoms with Crippen LogP contribution in [-0.2, 0) is 32.7 Å². The Morgan fingerprint density at radius 1 is 0.352 bits per heavy atom. The Kier molecular flexibility index (Phi) is 67.3. The van der Waals surface area contributed by atoms with E-state index in [0.717, 1.165) is 51.4 Å². The molecular formula is C78H146NO8P. The number of rotatable bonds is 71. The van der Waals surface area contributed by atoms with Gasteiger partial charge in [0, 0.05) is 12.8 Å². The number of allylic oxidation sites excluding steroid dienone is 10. The van der Waals surface area contributed by atoms with Crippen LogP contribution in [0.3, 0.4) is 0 Å². The van der Waals surface area contributed by atoms with Gasteiger partial charge >= 0.3 is 11.9 Å². The number of nitrogens with zero attached hydrogens (tertiary/aromatic N) is 1. The lowest BCUT2D eigenvalue weighted by Gasteiger charge is -2.28. The van der Waals surface area contributed by atoms with Gasteiger partial charge in [-0.25, -0.2) is 0 Å². The number of hydrogen-bond donors (Lipinski definition) is 0. The van der Waals surface area contributed by atoms with Crippen LogP contribution in [0.4, 0.5) is 0 Å². The number of esters is 2. The number of phosphoric ester groups is 1. The van der Waals surface area contributed by atoms with Crippen LogP contribution >= 0.6 is 7.82 Å². The third-order valence-corrected chi connectivity index (χ3v) is 18.0. The topological polar surface area (TPSA) is 111 Å². The van der Waals surface area contributed by atoms with E-state index in [1.54, 1.807) is 0 Å². The van der Waals surface area contributed by atoms with E-state index in [2.05, 4.69) is 74.6 Å². The number of hydrogen-bond acceptors (Lipinski definition) is 8. The van der Waals surface area contributed by atoms with Gasteiger partial charge in [0.15, 0.2) is 6.10 Å². The largest absolute Gasteiger partial charge is 0.756 e.